The molecule has 0 amide bonds. The maximum Gasteiger partial charge on any atom is 0.358 e. The lowest BCUT2D eigenvalue weighted by Gasteiger charge is -2.08. The van der Waals surface area contributed by atoms with Crippen LogP contribution < -0.4 is 0 Å². The van der Waals surface area contributed by atoms with Crippen molar-refractivity contribution in [2.45, 2.75) is 18.8 Å². The number of aromatic carboxylic acids is 1. The fourth-order valence-electron chi connectivity index (χ4n) is 2.34. The van der Waals surface area contributed by atoms with E-state index >= 15 is 0 Å². The number of fused-ring (bicyclic) bond motifs is 1. The van der Waals surface area contributed by atoms with Crippen molar-refractivity contribution >= 4 is 40.3 Å². The number of carbonyl (C=O) groups is 1. The Balaban J connectivity index is 2.03. The smallest absolute Gasteiger partial charge is 0.358 e. The number of aromatic nitrogens is 5. The summed E-state index contributed by atoms with van der Waals surface area (Å²) in [7, 11) is 0. The van der Waals surface area contributed by atoms with E-state index in [2.05, 4.69) is 19.1 Å². The maximum absolute atomic E-state index is 11.3. The van der Waals surface area contributed by atoms with Crippen molar-refractivity contribution in [3.05, 3.63) is 28.5 Å². The fourth-order valence-corrected chi connectivity index (χ4v) is 3.11. The summed E-state index contributed by atoms with van der Waals surface area (Å²) in [6.45, 7) is 0. The number of benzene rings is 1. The average Bonchev–Trinajstić information content (AvgIpc) is 3.01. The SMILES string of the molecule is O=C(O)c1nnn(-c2c(Cl)ccc3nsnc23)c1C1CC1. The average molecular weight is 322 g/mol. The molecule has 2 aromatic heterocycles. The molecular formula is C12H8ClN5O2S. The highest BCUT2D eigenvalue weighted by Crippen LogP contribution is 2.43. The highest BCUT2D eigenvalue weighted by Gasteiger charge is 2.35. The van der Waals surface area contributed by atoms with Crippen LogP contribution in [0.4, 0.5) is 0 Å². The molecule has 7 nitrogen and oxygen atoms in total. The van der Waals surface area contributed by atoms with E-state index in [0.717, 1.165) is 24.6 Å². The van der Waals surface area contributed by atoms with Crippen LogP contribution >= 0.6 is 23.3 Å². The van der Waals surface area contributed by atoms with Gasteiger partial charge in [0.15, 0.2) is 5.69 Å². The van der Waals surface area contributed by atoms with Gasteiger partial charge in [0, 0.05) is 5.92 Å². The Morgan fingerprint density at radius 1 is 1.38 bits per heavy atom. The zero-order chi connectivity index (χ0) is 14.6. The zero-order valence-corrected chi connectivity index (χ0v) is 12.1. The molecule has 106 valence electrons. The third kappa shape index (κ3) is 1.90. The molecule has 2 heterocycles. The molecule has 9 heteroatoms. The molecule has 1 aliphatic rings. The summed E-state index contributed by atoms with van der Waals surface area (Å²) >= 11 is 7.36. The molecule has 1 saturated carbocycles. The molecule has 0 aliphatic heterocycles. The van der Waals surface area contributed by atoms with Crippen LogP contribution in [-0.2, 0) is 0 Å². The van der Waals surface area contributed by atoms with Crippen LogP contribution in [0.25, 0.3) is 16.7 Å². The largest absolute Gasteiger partial charge is 0.476 e. The first kappa shape index (κ1) is 12.7. The summed E-state index contributed by atoms with van der Waals surface area (Å²) in [5, 5.41) is 17.5. The second-order valence-electron chi connectivity index (χ2n) is 4.84. The molecular weight excluding hydrogens is 314 g/mol. The molecule has 4 rings (SSSR count). The highest BCUT2D eigenvalue weighted by molar-refractivity contribution is 7.00. The third-order valence-corrected chi connectivity index (χ3v) is 4.28. The van der Waals surface area contributed by atoms with Gasteiger partial charge < -0.3 is 5.11 Å². The van der Waals surface area contributed by atoms with Crippen molar-refractivity contribution < 1.29 is 9.90 Å². The number of carboxylic acid groups (broad SMARTS) is 1. The second-order valence-corrected chi connectivity index (χ2v) is 5.78. The van der Waals surface area contributed by atoms with E-state index in [0.29, 0.717) is 27.4 Å². The molecule has 21 heavy (non-hydrogen) atoms. The second kappa shape index (κ2) is 4.47. The van der Waals surface area contributed by atoms with E-state index in [9.17, 15) is 9.90 Å². The number of nitrogens with zero attached hydrogens (tertiary/aromatic N) is 5. The van der Waals surface area contributed by atoms with Crippen molar-refractivity contribution in [3.8, 4) is 5.69 Å². The number of halogens is 1. The minimum atomic E-state index is -1.08. The van der Waals surface area contributed by atoms with E-state index in [4.69, 9.17) is 11.6 Å². The first-order chi connectivity index (χ1) is 10.2. The molecule has 1 aromatic carbocycles. The maximum atomic E-state index is 11.3. The van der Waals surface area contributed by atoms with E-state index in [1.165, 1.54) is 4.68 Å². The van der Waals surface area contributed by atoms with Crippen molar-refractivity contribution in [2.75, 3.05) is 0 Å². The Morgan fingerprint density at radius 3 is 2.90 bits per heavy atom. The Hall–Kier alpha value is -2.06. The molecule has 0 radical (unpaired) electrons. The monoisotopic (exact) mass is 321 g/mol. The van der Waals surface area contributed by atoms with E-state index in [-0.39, 0.29) is 11.6 Å². The Labute approximate surface area is 127 Å². The van der Waals surface area contributed by atoms with Crippen LogP contribution in [-0.4, -0.2) is 34.8 Å². The quantitative estimate of drug-likeness (QED) is 0.796. The van der Waals surface area contributed by atoms with Crippen molar-refractivity contribution in [1.29, 1.82) is 0 Å². The van der Waals surface area contributed by atoms with Gasteiger partial charge in [-0.1, -0.05) is 16.8 Å². The van der Waals surface area contributed by atoms with Crippen LogP contribution in [0, 0.1) is 0 Å². The van der Waals surface area contributed by atoms with Crippen LogP contribution in [0.15, 0.2) is 12.1 Å². The molecule has 1 aliphatic carbocycles. The molecule has 0 saturated heterocycles. The Morgan fingerprint density at radius 2 is 2.19 bits per heavy atom. The summed E-state index contributed by atoms with van der Waals surface area (Å²) in [5.41, 5.74) is 2.42. The van der Waals surface area contributed by atoms with Gasteiger partial charge in [-0.3, -0.25) is 0 Å². The molecule has 1 fully saturated rings. The van der Waals surface area contributed by atoms with Gasteiger partial charge in [0.25, 0.3) is 0 Å². The van der Waals surface area contributed by atoms with Gasteiger partial charge in [0.05, 0.1) is 22.4 Å². The summed E-state index contributed by atoms with van der Waals surface area (Å²) in [4.78, 5) is 11.3. The van der Waals surface area contributed by atoms with Gasteiger partial charge in [0.2, 0.25) is 0 Å². The lowest BCUT2D eigenvalue weighted by molar-refractivity contribution is 0.0689. The van der Waals surface area contributed by atoms with Gasteiger partial charge in [-0.2, -0.15) is 8.75 Å². The molecule has 0 unspecified atom stereocenters. The first-order valence-electron chi connectivity index (χ1n) is 6.27. The summed E-state index contributed by atoms with van der Waals surface area (Å²) < 4.78 is 9.92. The van der Waals surface area contributed by atoms with Gasteiger partial charge >= 0.3 is 5.97 Å². The standard InChI is InChI=1S/C12H8ClN5O2S/c13-6-3-4-7-8(16-21-15-7)11(6)18-10(5-1-2-5)9(12(19)20)14-17-18/h3-5H,1-2H2,(H,19,20). The van der Waals surface area contributed by atoms with Crippen LogP contribution in [0.3, 0.4) is 0 Å². The van der Waals surface area contributed by atoms with Gasteiger partial charge in [-0.25, -0.2) is 9.48 Å². The lowest BCUT2D eigenvalue weighted by atomic mass is 10.2. The Kier molecular flexibility index (Phi) is 2.69. The van der Waals surface area contributed by atoms with Gasteiger partial charge in [-0.05, 0) is 25.0 Å². The van der Waals surface area contributed by atoms with Gasteiger partial charge in [0.1, 0.15) is 16.7 Å². The summed E-state index contributed by atoms with van der Waals surface area (Å²) in [6.07, 6.45) is 1.85. The highest BCUT2D eigenvalue weighted by atomic mass is 35.5. The third-order valence-electron chi connectivity index (χ3n) is 3.44. The Bertz CT molecular complexity index is 870. The topological polar surface area (TPSA) is 93.8 Å². The van der Waals surface area contributed by atoms with Crippen LogP contribution in [0.5, 0.6) is 0 Å². The zero-order valence-electron chi connectivity index (χ0n) is 10.5. The molecule has 0 atom stereocenters. The van der Waals surface area contributed by atoms with Crippen molar-refractivity contribution in [1.82, 2.24) is 23.7 Å². The van der Waals surface area contributed by atoms with Gasteiger partial charge in [-0.15, -0.1) is 5.10 Å². The summed E-state index contributed by atoms with van der Waals surface area (Å²) in [6, 6.07) is 3.48. The number of hydrogen-bond donors (Lipinski definition) is 1. The van der Waals surface area contributed by atoms with Crippen molar-refractivity contribution in [2.24, 2.45) is 0 Å². The number of carboxylic acids is 1. The van der Waals surface area contributed by atoms with E-state index < -0.39 is 5.97 Å². The minimum Gasteiger partial charge on any atom is -0.476 e. The number of rotatable bonds is 3. The van der Waals surface area contributed by atoms with Crippen LogP contribution in [0.2, 0.25) is 5.02 Å². The molecule has 1 N–H and O–H groups in total. The number of hydrogen-bond acceptors (Lipinski definition) is 6. The van der Waals surface area contributed by atoms with Crippen molar-refractivity contribution in [3.63, 3.8) is 0 Å². The van der Waals surface area contributed by atoms with Crippen LogP contribution in [0.1, 0.15) is 34.9 Å². The molecule has 3 aromatic rings. The predicted molar refractivity (Wildman–Crippen MR) is 76.3 cm³/mol. The first-order valence-corrected chi connectivity index (χ1v) is 7.37. The lowest BCUT2D eigenvalue weighted by Crippen LogP contribution is -2.06. The fraction of sp³-hybridized carbons (Fsp3) is 0.250. The predicted octanol–water partition coefficient (Wildman–Crippen LogP) is 2.50. The normalized spacial score (nSPS) is 14.7. The molecule has 0 bridgehead atoms. The van der Waals surface area contributed by atoms with E-state index in [1.54, 1.807) is 12.1 Å². The molecule has 0 spiro atoms. The minimum absolute atomic E-state index is 0.0197. The summed E-state index contributed by atoms with van der Waals surface area (Å²) in [5.74, 6) is -0.924. The van der Waals surface area contributed by atoms with E-state index in [1.807, 2.05) is 0 Å².